The van der Waals surface area contributed by atoms with Crippen LogP contribution in [0.4, 0.5) is 4.39 Å². The molecule has 0 unspecified atom stereocenters. The third kappa shape index (κ3) is 3.27. The van der Waals surface area contributed by atoms with Crippen LogP contribution in [0.3, 0.4) is 0 Å². The summed E-state index contributed by atoms with van der Waals surface area (Å²) in [6, 6.07) is 6.92. The highest BCUT2D eigenvalue weighted by Crippen LogP contribution is 2.36. The number of amides is 1. The average Bonchev–Trinajstić information content (AvgIpc) is 2.75. The topological polar surface area (TPSA) is 49.0 Å². The Bertz CT molecular complexity index is 696. The summed E-state index contributed by atoms with van der Waals surface area (Å²) < 4.78 is 14.0. The van der Waals surface area contributed by atoms with Crippen LogP contribution in [0, 0.1) is 19.7 Å². The second-order valence-corrected chi connectivity index (χ2v) is 7.08. The van der Waals surface area contributed by atoms with Crippen molar-refractivity contribution in [2.45, 2.75) is 25.5 Å². The molecule has 1 N–H and O–H groups in total. The molecule has 1 aromatic carbocycles. The molecule has 0 radical (unpaired) electrons. The molecule has 0 saturated carbocycles. The van der Waals surface area contributed by atoms with Crippen molar-refractivity contribution in [3.05, 3.63) is 52.6 Å². The van der Waals surface area contributed by atoms with Crippen LogP contribution in [0.2, 0.25) is 0 Å². The first-order valence-corrected chi connectivity index (χ1v) is 8.79. The number of halogens is 1. The molecule has 1 aromatic heterocycles. The number of aryl methyl sites for hydroxylation is 2. The predicted molar refractivity (Wildman–Crippen MR) is 90.2 cm³/mol. The average molecular weight is 333 g/mol. The second-order valence-electron chi connectivity index (χ2n) is 5.77. The molecule has 2 aromatic rings. The summed E-state index contributed by atoms with van der Waals surface area (Å²) >= 11 is 1.72. The summed E-state index contributed by atoms with van der Waals surface area (Å²) in [5.41, 5.74) is 2.94. The molecule has 1 atom stereocenters. The van der Waals surface area contributed by atoms with E-state index in [1.54, 1.807) is 17.8 Å². The van der Waals surface area contributed by atoms with Gasteiger partial charge in [0, 0.05) is 35.3 Å². The lowest BCUT2D eigenvalue weighted by Crippen LogP contribution is -2.33. The number of hydrogen-bond donors (Lipinski definition) is 1. The second kappa shape index (κ2) is 6.74. The van der Waals surface area contributed by atoms with Gasteiger partial charge < -0.3 is 4.90 Å². The number of aromatic nitrogens is 2. The monoisotopic (exact) mass is 333 g/mol. The van der Waals surface area contributed by atoms with Crippen molar-refractivity contribution in [3.63, 3.8) is 0 Å². The molecule has 0 aliphatic carbocycles. The minimum absolute atomic E-state index is 0.0172. The van der Waals surface area contributed by atoms with Gasteiger partial charge in [0.25, 0.3) is 5.91 Å². The minimum atomic E-state index is -0.161. The van der Waals surface area contributed by atoms with Gasteiger partial charge in [-0.2, -0.15) is 16.9 Å². The molecular formula is C17H20FN3OS. The Balaban J connectivity index is 1.74. The van der Waals surface area contributed by atoms with Crippen molar-refractivity contribution >= 4 is 17.7 Å². The predicted octanol–water partition coefficient (Wildman–Crippen LogP) is 3.49. The standard InChI is InChI=1S/C17H20FN3OS/c1-11-16(12(2)20-19-11)17(22)21-8-7-15(23-10-9-21)13-5-3-4-6-14(13)18/h3-6,15H,7-10H2,1-2H3,(H,19,20)/t15-/m0/s1. The molecule has 4 nitrogen and oxygen atoms in total. The number of hydrogen-bond acceptors (Lipinski definition) is 3. The Morgan fingerprint density at radius 2 is 2.13 bits per heavy atom. The van der Waals surface area contributed by atoms with Gasteiger partial charge >= 0.3 is 0 Å². The first-order chi connectivity index (χ1) is 11.1. The number of carbonyl (C=O) groups is 1. The van der Waals surface area contributed by atoms with Crippen molar-refractivity contribution in [1.82, 2.24) is 15.1 Å². The van der Waals surface area contributed by atoms with Crippen molar-refractivity contribution in [3.8, 4) is 0 Å². The van der Waals surface area contributed by atoms with E-state index in [1.165, 1.54) is 6.07 Å². The molecule has 3 rings (SSSR count). The molecule has 6 heteroatoms. The maximum absolute atomic E-state index is 14.0. The van der Waals surface area contributed by atoms with Gasteiger partial charge in [-0.15, -0.1) is 0 Å². The molecule has 1 amide bonds. The van der Waals surface area contributed by atoms with E-state index in [2.05, 4.69) is 10.2 Å². The number of nitrogens with one attached hydrogen (secondary N) is 1. The number of benzene rings is 1. The molecule has 23 heavy (non-hydrogen) atoms. The molecule has 0 bridgehead atoms. The molecule has 2 heterocycles. The summed E-state index contributed by atoms with van der Waals surface area (Å²) in [5.74, 6) is 0.663. The van der Waals surface area contributed by atoms with Crippen molar-refractivity contribution in [1.29, 1.82) is 0 Å². The minimum Gasteiger partial charge on any atom is -0.338 e. The molecular weight excluding hydrogens is 313 g/mol. The number of nitrogens with zero attached hydrogens (tertiary/aromatic N) is 2. The quantitative estimate of drug-likeness (QED) is 0.915. The van der Waals surface area contributed by atoms with Crippen LogP contribution >= 0.6 is 11.8 Å². The zero-order valence-corrected chi connectivity index (χ0v) is 14.1. The maximum atomic E-state index is 14.0. The summed E-state index contributed by atoms with van der Waals surface area (Å²) in [6.45, 7) is 5.01. The summed E-state index contributed by atoms with van der Waals surface area (Å²) in [6.07, 6.45) is 0.757. The Morgan fingerprint density at radius 3 is 2.83 bits per heavy atom. The number of rotatable bonds is 2. The molecule has 1 aliphatic heterocycles. The van der Waals surface area contributed by atoms with Gasteiger partial charge in [-0.1, -0.05) is 18.2 Å². The summed E-state index contributed by atoms with van der Waals surface area (Å²) in [4.78, 5) is 14.6. The van der Waals surface area contributed by atoms with Crippen molar-refractivity contribution in [2.24, 2.45) is 0 Å². The van der Waals surface area contributed by atoms with Gasteiger partial charge in [0.15, 0.2) is 0 Å². The maximum Gasteiger partial charge on any atom is 0.257 e. The summed E-state index contributed by atoms with van der Waals surface area (Å²) in [7, 11) is 0. The Morgan fingerprint density at radius 1 is 1.35 bits per heavy atom. The van der Waals surface area contributed by atoms with E-state index >= 15 is 0 Å². The third-order valence-corrected chi connectivity index (χ3v) is 5.53. The van der Waals surface area contributed by atoms with Crippen molar-refractivity contribution in [2.75, 3.05) is 18.8 Å². The molecule has 1 saturated heterocycles. The lowest BCUT2D eigenvalue weighted by molar-refractivity contribution is 0.0765. The Labute approximate surface area is 139 Å². The van der Waals surface area contributed by atoms with Crippen molar-refractivity contribution < 1.29 is 9.18 Å². The van der Waals surface area contributed by atoms with Gasteiger partial charge in [-0.25, -0.2) is 4.39 Å². The van der Waals surface area contributed by atoms with Crippen LogP contribution in [-0.2, 0) is 0 Å². The van der Waals surface area contributed by atoms with Crippen LogP contribution in [0.15, 0.2) is 24.3 Å². The first-order valence-electron chi connectivity index (χ1n) is 7.75. The van der Waals surface area contributed by atoms with E-state index < -0.39 is 0 Å². The number of H-pyrrole nitrogens is 1. The van der Waals surface area contributed by atoms with Gasteiger partial charge in [-0.3, -0.25) is 9.89 Å². The zero-order valence-electron chi connectivity index (χ0n) is 13.3. The Kier molecular flexibility index (Phi) is 4.71. The Hall–Kier alpha value is -1.82. The molecule has 0 spiro atoms. The third-order valence-electron chi connectivity index (χ3n) is 4.22. The van der Waals surface area contributed by atoms with E-state index in [1.807, 2.05) is 30.9 Å². The highest BCUT2D eigenvalue weighted by molar-refractivity contribution is 7.99. The fourth-order valence-corrected chi connectivity index (χ4v) is 4.24. The molecule has 122 valence electrons. The van der Waals surface area contributed by atoms with E-state index in [0.717, 1.165) is 29.1 Å². The fraction of sp³-hybridized carbons (Fsp3) is 0.412. The van der Waals surface area contributed by atoms with E-state index in [0.29, 0.717) is 18.7 Å². The number of aromatic amines is 1. The zero-order chi connectivity index (χ0) is 16.4. The van der Waals surface area contributed by atoms with Gasteiger partial charge in [-0.05, 0) is 26.3 Å². The van der Waals surface area contributed by atoms with Gasteiger partial charge in [0.1, 0.15) is 5.82 Å². The lowest BCUT2D eigenvalue weighted by Gasteiger charge is -2.20. The molecule has 1 fully saturated rings. The SMILES string of the molecule is Cc1n[nH]c(C)c1C(=O)N1CCS[C@H](c2ccccc2F)CC1. The van der Waals surface area contributed by atoms with Crippen LogP contribution in [0.5, 0.6) is 0 Å². The van der Waals surface area contributed by atoms with E-state index in [4.69, 9.17) is 0 Å². The highest BCUT2D eigenvalue weighted by atomic mass is 32.2. The summed E-state index contributed by atoms with van der Waals surface area (Å²) in [5, 5.41) is 7.06. The van der Waals surface area contributed by atoms with Gasteiger partial charge in [0.2, 0.25) is 0 Å². The van der Waals surface area contributed by atoms with Crippen LogP contribution in [0.1, 0.15) is 39.0 Å². The van der Waals surface area contributed by atoms with Gasteiger partial charge in [0.05, 0.1) is 11.3 Å². The first kappa shape index (κ1) is 16.1. The molecule has 1 aliphatic rings. The van der Waals surface area contributed by atoms with Crippen LogP contribution in [0.25, 0.3) is 0 Å². The van der Waals surface area contributed by atoms with Crippen LogP contribution < -0.4 is 0 Å². The number of carbonyl (C=O) groups excluding carboxylic acids is 1. The fourth-order valence-electron chi connectivity index (χ4n) is 2.98. The lowest BCUT2D eigenvalue weighted by atomic mass is 10.1. The largest absolute Gasteiger partial charge is 0.338 e. The normalized spacial score (nSPS) is 18.7. The highest BCUT2D eigenvalue weighted by Gasteiger charge is 2.26. The number of thioether (sulfide) groups is 1. The van der Waals surface area contributed by atoms with Crippen LogP contribution in [-0.4, -0.2) is 39.8 Å². The smallest absolute Gasteiger partial charge is 0.257 e. The van der Waals surface area contributed by atoms with E-state index in [9.17, 15) is 9.18 Å². The van der Waals surface area contributed by atoms with E-state index in [-0.39, 0.29) is 17.0 Å².